The van der Waals surface area contributed by atoms with Gasteiger partial charge in [-0.15, -0.1) is 42.0 Å². The van der Waals surface area contributed by atoms with Crippen molar-refractivity contribution in [2.24, 2.45) is 0 Å². The number of benzene rings is 5. The molecule has 0 amide bonds. The third-order valence-electron chi connectivity index (χ3n) is 10.4. The van der Waals surface area contributed by atoms with Gasteiger partial charge in [-0.05, 0) is 94.8 Å². The van der Waals surface area contributed by atoms with Crippen LogP contribution in [0.5, 0.6) is 0 Å². The average Bonchev–Trinajstić information content (AvgIpc) is 3.79. The van der Waals surface area contributed by atoms with Crippen LogP contribution in [0.2, 0.25) is 0 Å². The predicted octanol–water partition coefficient (Wildman–Crippen LogP) is 13.0. The van der Waals surface area contributed by atoms with Crippen LogP contribution in [-0.2, 0) is 25.5 Å². The molecule has 5 aromatic carbocycles. The number of aromatic nitrogens is 3. The minimum Gasteiger partial charge on any atom is -0.501 e. The molecule has 0 aliphatic carbocycles. The number of furan rings is 2. The maximum atomic E-state index is 13.4. The molecule has 0 bridgehead atoms. The van der Waals surface area contributed by atoms with E-state index in [0.717, 1.165) is 88.9 Å². The van der Waals surface area contributed by atoms with Gasteiger partial charge in [-0.2, -0.15) is 0 Å². The Kier molecular flexibility index (Phi) is 10.1. The molecule has 7 heteroatoms. The molecular weight excluding hydrogens is 886 g/mol. The second-order valence-electron chi connectivity index (χ2n) is 14.6. The Labute approximate surface area is 343 Å². The monoisotopic (exact) mass is 922 g/mol. The van der Waals surface area contributed by atoms with Crippen molar-refractivity contribution in [1.82, 2.24) is 15.0 Å². The number of hydrogen-bond donors (Lipinski definition) is 0. The quantitative estimate of drug-likeness (QED) is 0.161. The van der Waals surface area contributed by atoms with E-state index in [4.69, 9.17) is 13.8 Å². The smallest absolute Gasteiger partial charge is 0.139 e. The molecule has 0 atom stereocenters. The molecule has 5 nitrogen and oxygen atoms in total. The standard InChI is InChI=1S/C31H22FN2O.C19H14NO.Ir/c1-31(2,23-6-4-3-5-7-23)29-15-14-28-30(34-29)25-18-22(10-13-27(25)35-28)26-19-21(16-17-33-26)20-8-11-24(32)12-9-20;1-12-6-8-14-15-4-3-5-16(19(15)21-18(14)10-12)17-9-7-13(2)11-20-17;/h3-9,11-19H,1-2H3;3-4,6-11H,1-2H3;/q2*-1;. The zero-order valence-electron chi connectivity index (χ0n) is 31.7. The van der Waals surface area contributed by atoms with Gasteiger partial charge in [0.1, 0.15) is 17.0 Å². The second-order valence-corrected chi connectivity index (χ2v) is 14.6. The summed E-state index contributed by atoms with van der Waals surface area (Å²) < 4.78 is 25.5. The van der Waals surface area contributed by atoms with E-state index < -0.39 is 0 Å². The summed E-state index contributed by atoms with van der Waals surface area (Å²) in [7, 11) is 0. The van der Waals surface area contributed by atoms with E-state index >= 15 is 0 Å². The van der Waals surface area contributed by atoms with E-state index in [1.165, 1.54) is 23.3 Å². The summed E-state index contributed by atoms with van der Waals surface area (Å²) in [5.74, 6) is -0.254. The number of aryl methyl sites for hydroxylation is 2. The fourth-order valence-corrected chi connectivity index (χ4v) is 7.14. The predicted molar refractivity (Wildman–Crippen MR) is 223 cm³/mol. The Hall–Kier alpha value is -6.27. The molecule has 281 valence electrons. The zero-order chi connectivity index (χ0) is 38.4. The molecule has 1 radical (unpaired) electrons. The van der Waals surface area contributed by atoms with Gasteiger partial charge in [-0.25, -0.2) is 9.37 Å². The Bertz CT molecular complexity index is 3030. The summed E-state index contributed by atoms with van der Waals surface area (Å²) >= 11 is 0. The number of rotatable bonds is 5. The Morgan fingerprint density at radius 3 is 2.23 bits per heavy atom. The largest absolute Gasteiger partial charge is 0.501 e. The summed E-state index contributed by atoms with van der Waals surface area (Å²) in [6.07, 6.45) is 3.63. The van der Waals surface area contributed by atoms with E-state index in [1.807, 2.05) is 73.8 Å². The van der Waals surface area contributed by atoms with Crippen molar-refractivity contribution >= 4 is 44.0 Å². The van der Waals surface area contributed by atoms with Crippen molar-refractivity contribution in [3.63, 3.8) is 0 Å². The topological polar surface area (TPSA) is 65.0 Å². The van der Waals surface area contributed by atoms with E-state index in [-0.39, 0.29) is 31.3 Å². The van der Waals surface area contributed by atoms with E-state index in [0.29, 0.717) is 0 Å². The minimum atomic E-state index is -0.256. The van der Waals surface area contributed by atoms with Gasteiger partial charge < -0.3 is 18.8 Å². The van der Waals surface area contributed by atoms with Gasteiger partial charge >= 0.3 is 0 Å². The first kappa shape index (κ1) is 37.6. The van der Waals surface area contributed by atoms with Crippen LogP contribution in [0.25, 0.3) is 77.6 Å². The van der Waals surface area contributed by atoms with E-state index in [9.17, 15) is 4.39 Å². The van der Waals surface area contributed by atoms with Gasteiger partial charge in [0, 0.05) is 43.3 Å². The summed E-state index contributed by atoms with van der Waals surface area (Å²) in [5.41, 5.74) is 13.7. The Balaban J connectivity index is 0.000000177. The normalized spacial score (nSPS) is 11.5. The first-order valence-corrected chi connectivity index (χ1v) is 18.5. The van der Waals surface area contributed by atoms with Gasteiger partial charge in [0.05, 0.1) is 22.4 Å². The number of hydrogen-bond acceptors (Lipinski definition) is 5. The third-order valence-corrected chi connectivity index (χ3v) is 10.4. The van der Waals surface area contributed by atoms with E-state index in [2.05, 4.69) is 91.4 Å². The molecule has 0 aliphatic rings. The van der Waals surface area contributed by atoms with Crippen LogP contribution in [-0.4, -0.2) is 15.0 Å². The molecule has 0 saturated carbocycles. The maximum absolute atomic E-state index is 13.4. The summed E-state index contributed by atoms with van der Waals surface area (Å²) in [6, 6.07) is 49.6. The Morgan fingerprint density at radius 2 is 1.44 bits per heavy atom. The molecule has 0 fully saturated rings. The molecule has 0 aliphatic heterocycles. The molecular formula is C50H36FIrN3O2-2. The molecule has 57 heavy (non-hydrogen) atoms. The second kappa shape index (κ2) is 15.3. The molecule has 10 aromatic rings. The van der Waals surface area contributed by atoms with E-state index in [1.54, 1.807) is 18.3 Å². The van der Waals surface area contributed by atoms with Gasteiger partial charge in [0.25, 0.3) is 0 Å². The molecule has 0 unspecified atom stereocenters. The summed E-state index contributed by atoms with van der Waals surface area (Å²) in [6.45, 7) is 8.47. The zero-order valence-corrected chi connectivity index (χ0v) is 34.1. The van der Waals surface area contributed by atoms with Crippen LogP contribution in [0.1, 0.15) is 36.2 Å². The first-order valence-electron chi connectivity index (χ1n) is 18.5. The number of nitrogens with zero attached hydrogens (tertiary/aromatic N) is 3. The van der Waals surface area contributed by atoms with Crippen LogP contribution < -0.4 is 0 Å². The van der Waals surface area contributed by atoms with Crippen LogP contribution >= 0.6 is 0 Å². The van der Waals surface area contributed by atoms with Crippen LogP contribution in [0.15, 0.2) is 155 Å². The number of halogens is 1. The van der Waals surface area contributed by atoms with Crippen LogP contribution in [0.4, 0.5) is 4.39 Å². The SMILES string of the molecule is CC(C)(c1ccccc1)c1ccc2oc3c[c-]c(-c4cc(-c5ccc(F)cc5)ccn4)cc3c2n1.Cc1ccc(-c2[c-]ccc3c2oc2cc(C)ccc23)nc1.[Ir]. The van der Waals surface area contributed by atoms with Gasteiger partial charge in [0.15, 0.2) is 0 Å². The fourth-order valence-electron chi connectivity index (χ4n) is 7.14. The molecule has 10 rings (SSSR count). The molecule has 0 spiro atoms. The summed E-state index contributed by atoms with van der Waals surface area (Å²) in [5, 5.41) is 3.17. The van der Waals surface area contributed by atoms with Crippen LogP contribution in [0, 0.1) is 31.8 Å². The minimum absolute atomic E-state index is 0. The molecule has 5 heterocycles. The van der Waals surface area contributed by atoms with Gasteiger partial charge in [0.2, 0.25) is 0 Å². The number of fused-ring (bicyclic) bond motifs is 6. The van der Waals surface area contributed by atoms with Crippen molar-refractivity contribution in [3.05, 3.63) is 186 Å². The summed E-state index contributed by atoms with van der Waals surface area (Å²) in [4.78, 5) is 14.1. The van der Waals surface area contributed by atoms with Crippen LogP contribution in [0.3, 0.4) is 0 Å². The van der Waals surface area contributed by atoms with Crippen molar-refractivity contribution in [1.29, 1.82) is 0 Å². The molecule has 5 aromatic heterocycles. The average molecular weight is 922 g/mol. The maximum Gasteiger partial charge on any atom is 0.139 e. The molecule has 0 saturated heterocycles. The number of pyridine rings is 3. The van der Waals surface area contributed by atoms with Crippen molar-refractivity contribution in [2.75, 3.05) is 0 Å². The first-order chi connectivity index (χ1) is 27.2. The third kappa shape index (κ3) is 7.28. The Morgan fingerprint density at radius 1 is 0.632 bits per heavy atom. The molecule has 0 N–H and O–H groups in total. The fraction of sp³-hybridized carbons (Fsp3) is 0.100. The van der Waals surface area contributed by atoms with Crippen molar-refractivity contribution in [3.8, 4) is 33.6 Å². The van der Waals surface area contributed by atoms with Crippen molar-refractivity contribution < 1.29 is 33.3 Å². The van der Waals surface area contributed by atoms with Gasteiger partial charge in [-0.1, -0.05) is 97.6 Å². The van der Waals surface area contributed by atoms with Crippen molar-refractivity contribution in [2.45, 2.75) is 33.1 Å². The van der Waals surface area contributed by atoms with Gasteiger partial charge in [-0.3, -0.25) is 0 Å².